The van der Waals surface area contributed by atoms with Crippen molar-refractivity contribution >= 4 is 5.97 Å². The Morgan fingerprint density at radius 2 is 1.70 bits per heavy atom. The van der Waals surface area contributed by atoms with Gasteiger partial charge in [0.05, 0.1) is 19.6 Å². The molecule has 4 nitrogen and oxygen atoms in total. The number of aliphatic carboxylic acids is 1. The van der Waals surface area contributed by atoms with E-state index in [9.17, 15) is 9.90 Å². The second kappa shape index (κ2) is 7.68. The predicted octanol–water partition coefficient (Wildman–Crippen LogP) is 3.95. The Hall–Kier alpha value is -2.49. The van der Waals surface area contributed by atoms with Crippen LogP contribution in [0, 0.1) is 13.8 Å². The van der Waals surface area contributed by atoms with Crippen molar-refractivity contribution in [1.82, 2.24) is 0 Å². The first-order chi connectivity index (χ1) is 11.0. The molecule has 0 heterocycles. The van der Waals surface area contributed by atoms with E-state index in [2.05, 4.69) is 0 Å². The maximum Gasteiger partial charge on any atom is 0.311 e. The van der Waals surface area contributed by atoms with Crippen LogP contribution in [-0.2, 0) is 4.79 Å². The number of carboxylic acid groups (broad SMARTS) is 1. The third kappa shape index (κ3) is 4.49. The molecule has 0 aliphatic rings. The van der Waals surface area contributed by atoms with Gasteiger partial charge in [-0.05, 0) is 61.2 Å². The number of methoxy groups -OCH3 is 1. The minimum atomic E-state index is -0.848. The Morgan fingerprint density at radius 3 is 2.26 bits per heavy atom. The van der Waals surface area contributed by atoms with Gasteiger partial charge in [0.25, 0.3) is 0 Å². The van der Waals surface area contributed by atoms with E-state index in [0.29, 0.717) is 18.8 Å². The Morgan fingerprint density at radius 1 is 1.04 bits per heavy atom. The molecule has 0 aliphatic carbocycles. The van der Waals surface area contributed by atoms with Gasteiger partial charge in [0.1, 0.15) is 11.5 Å². The summed E-state index contributed by atoms with van der Waals surface area (Å²) in [5.74, 6) is 0.0440. The molecule has 0 fully saturated rings. The Labute approximate surface area is 136 Å². The van der Waals surface area contributed by atoms with Crippen molar-refractivity contribution in [3.63, 3.8) is 0 Å². The summed E-state index contributed by atoms with van der Waals surface area (Å²) in [5, 5.41) is 9.44. The lowest BCUT2D eigenvalue weighted by atomic mass is 9.96. The summed E-state index contributed by atoms with van der Waals surface area (Å²) >= 11 is 0. The Balaban J connectivity index is 1.99. The summed E-state index contributed by atoms with van der Waals surface area (Å²) < 4.78 is 10.8. The van der Waals surface area contributed by atoms with Crippen LogP contribution < -0.4 is 9.47 Å². The first-order valence-corrected chi connectivity index (χ1v) is 7.58. The highest BCUT2D eigenvalue weighted by Crippen LogP contribution is 2.24. The number of carboxylic acids is 1. The molecule has 0 saturated heterocycles. The molecule has 2 aromatic rings. The van der Waals surface area contributed by atoms with Gasteiger partial charge in [-0.15, -0.1) is 0 Å². The molecule has 0 saturated carbocycles. The maximum absolute atomic E-state index is 11.5. The molecule has 1 N–H and O–H groups in total. The zero-order chi connectivity index (χ0) is 16.8. The van der Waals surface area contributed by atoms with Crippen LogP contribution in [0.4, 0.5) is 0 Å². The summed E-state index contributed by atoms with van der Waals surface area (Å²) in [6.45, 7) is 4.42. The van der Waals surface area contributed by atoms with Gasteiger partial charge in [-0.2, -0.15) is 0 Å². The molecule has 0 aliphatic heterocycles. The van der Waals surface area contributed by atoms with Gasteiger partial charge in [0.2, 0.25) is 0 Å². The van der Waals surface area contributed by atoms with E-state index in [4.69, 9.17) is 9.47 Å². The number of carbonyl (C=O) groups is 1. The van der Waals surface area contributed by atoms with Crippen molar-refractivity contribution in [1.29, 1.82) is 0 Å². The second-order valence-corrected chi connectivity index (χ2v) is 5.55. The lowest BCUT2D eigenvalue weighted by Crippen LogP contribution is -2.15. The van der Waals surface area contributed by atoms with Crippen LogP contribution in [0.25, 0.3) is 0 Å². The molecule has 1 unspecified atom stereocenters. The van der Waals surface area contributed by atoms with E-state index >= 15 is 0 Å². The van der Waals surface area contributed by atoms with Crippen molar-refractivity contribution in [3.05, 3.63) is 59.2 Å². The lowest BCUT2D eigenvalue weighted by Gasteiger charge is -2.14. The SMILES string of the molecule is COc1ccc(C(CCOc2ccc(C)c(C)c2)C(=O)O)cc1. The second-order valence-electron chi connectivity index (χ2n) is 5.55. The van der Waals surface area contributed by atoms with E-state index in [0.717, 1.165) is 16.9 Å². The van der Waals surface area contributed by atoms with Crippen molar-refractivity contribution < 1.29 is 19.4 Å². The fourth-order valence-electron chi connectivity index (χ4n) is 2.37. The van der Waals surface area contributed by atoms with Crippen LogP contribution in [0.5, 0.6) is 11.5 Å². The van der Waals surface area contributed by atoms with E-state index in [1.54, 1.807) is 31.4 Å². The molecular formula is C19H22O4. The fraction of sp³-hybridized carbons (Fsp3) is 0.316. The lowest BCUT2D eigenvalue weighted by molar-refractivity contribution is -0.139. The third-order valence-corrected chi connectivity index (χ3v) is 3.97. The van der Waals surface area contributed by atoms with Crippen molar-refractivity contribution in [2.75, 3.05) is 13.7 Å². The molecule has 2 rings (SSSR count). The number of aryl methyl sites for hydroxylation is 2. The van der Waals surface area contributed by atoms with E-state index in [1.807, 2.05) is 32.0 Å². The monoisotopic (exact) mass is 314 g/mol. The van der Waals surface area contributed by atoms with Gasteiger partial charge in [0.15, 0.2) is 0 Å². The number of hydrogen-bond acceptors (Lipinski definition) is 3. The standard InChI is InChI=1S/C19H22O4/c1-13-4-7-17(12-14(13)2)23-11-10-18(19(20)21)15-5-8-16(22-3)9-6-15/h4-9,12,18H,10-11H2,1-3H3,(H,20,21). The minimum Gasteiger partial charge on any atom is -0.497 e. The van der Waals surface area contributed by atoms with Gasteiger partial charge in [0, 0.05) is 0 Å². The quantitative estimate of drug-likeness (QED) is 0.840. The number of ether oxygens (including phenoxy) is 2. The summed E-state index contributed by atoms with van der Waals surface area (Å²) in [6.07, 6.45) is 0.411. The highest BCUT2D eigenvalue weighted by Gasteiger charge is 2.20. The normalized spacial score (nSPS) is 11.8. The minimum absolute atomic E-state index is 0.353. The summed E-state index contributed by atoms with van der Waals surface area (Å²) in [4.78, 5) is 11.5. The number of rotatable bonds is 7. The highest BCUT2D eigenvalue weighted by atomic mass is 16.5. The van der Waals surface area contributed by atoms with Crippen molar-refractivity contribution in [3.8, 4) is 11.5 Å². The third-order valence-electron chi connectivity index (χ3n) is 3.97. The zero-order valence-electron chi connectivity index (χ0n) is 13.7. The topological polar surface area (TPSA) is 55.8 Å². The first-order valence-electron chi connectivity index (χ1n) is 7.58. The summed E-state index contributed by atoms with van der Waals surface area (Å²) in [6, 6.07) is 13.0. The fourth-order valence-corrected chi connectivity index (χ4v) is 2.37. The zero-order valence-corrected chi connectivity index (χ0v) is 13.7. The number of hydrogen-bond donors (Lipinski definition) is 1. The maximum atomic E-state index is 11.5. The van der Waals surface area contributed by atoms with Crippen LogP contribution >= 0.6 is 0 Å². The molecule has 0 bridgehead atoms. The van der Waals surface area contributed by atoms with E-state index < -0.39 is 11.9 Å². The molecular weight excluding hydrogens is 292 g/mol. The number of benzene rings is 2. The van der Waals surface area contributed by atoms with Gasteiger partial charge < -0.3 is 14.6 Å². The summed E-state index contributed by atoms with van der Waals surface area (Å²) in [5.41, 5.74) is 3.12. The highest BCUT2D eigenvalue weighted by molar-refractivity contribution is 5.76. The largest absolute Gasteiger partial charge is 0.497 e. The molecule has 2 aromatic carbocycles. The first kappa shape index (κ1) is 16.9. The average Bonchev–Trinajstić information content (AvgIpc) is 2.55. The predicted molar refractivity (Wildman–Crippen MR) is 89.4 cm³/mol. The average molecular weight is 314 g/mol. The molecule has 0 amide bonds. The Kier molecular flexibility index (Phi) is 5.63. The van der Waals surface area contributed by atoms with Crippen molar-refractivity contribution in [2.24, 2.45) is 0 Å². The van der Waals surface area contributed by atoms with Crippen LogP contribution in [-0.4, -0.2) is 24.8 Å². The molecule has 0 spiro atoms. The molecule has 0 aromatic heterocycles. The smallest absolute Gasteiger partial charge is 0.311 e. The van der Waals surface area contributed by atoms with Crippen LogP contribution in [0.3, 0.4) is 0 Å². The van der Waals surface area contributed by atoms with Gasteiger partial charge in [-0.3, -0.25) is 4.79 Å². The van der Waals surface area contributed by atoms with E-state index in [1.165, 1.54) is 5.56 Å². The summed E-state index contributed by atoms with van der Waals surface area (Å²) in [7, 11) is 1.58. The van der Waals surface area contributed by atoms with Crippen LogP contribution in [0.2, 0.25) is 0 Å². The van der Waals surface area contributed by atoms with Gasteiger partial charge in [-0.1, -0.05) is 18.2 Å². The molecule has 122 valence electrons. The van der Waals surface area contributed by atoms with Crippen LogP contribution in [0.1, 0.15) is 29.0 Å². The van der Waals surface area contributed by atoms with Gasteiger partial charge >= 0.3 is 5.97 Å². The van der Waals surface area contributed by atoms with Crippen LogP contribution in [0.15, 0.2) is 42.5 Å². The molecule has 23 heavy (non-hydrogen) atoms. The van der Waals surface area contributed by atoms with Crippen molar-refractivity contribution in [2.45, 2.75) is 26.2 Å². The van der Waals surface area contributed by atoms with E-state index in [-0.39, 0.29) is 0 Å². The molecule has 4 heteroatoms. The van der Waals surface area contributed by atoms with Gasteiger partial charge in [-0.25, -0.2) is 0 Å². The molecule has 1 atom stereocenters. The molecule has 0 radical (unpaired) electrons. The Bertz CT molecular complexity index is 662.